The molecule has 0 spiro atoms. The van der Waals surface area contributed by atoms with Crippen molar-refractivity contribution in [2.75, 3.05) is 0 Å². The summed E-state index contributed by atoms with van der Waals surface area (Å²) in [5, 5.41) is 11.7. The quantitative estimate of drug-likeness (QED) is 0.501. The lowest BCUT2D eigenvalue weighted by atomic mass is 9.97. The number of carboxylic acid groups (broad SMARTS) is 1. The molecule has 1 aliphatic carbocycles. The van der Waals surface area contributed by atoms with E-state index >= 15 is 0 Å². The summed E-state index contributed by atoms with van der Waals surface area (Å²) in [5.41, 5.74) is 6.65. The number of nitrogens with two attached hydrogens (primary N) is 1. The number of benzene rings is 3. The fourth-order valence-corrected chi connectivity index (χ4v) is 3.84. The van der Waals surface area contributed by atoms with Crippen LogP contribution in [0.4, 0.5) is 0 Å². The van der Waals surface area contributed by atoms with Crippen molar-refractivity contribution in [2.24, 2.45) is 5.73 Å². The molecule has 3 aromatic carbocycles. The second-order valence-corrected chi connectivity index (χ2v) is 8.44. The molecule has 0 unspecified atom stereocenters. The second kappa shape index (κ2) is 10.5. The zero-order chi connectivity index (χ0) is 22.3. The van der Waals surface area contributed by atoms with Gasteiger partial charge in [-0.2, -0.15) is 0 Å². The van der Waals surface area contributed by atoms with E-state index in [9.17, 15) is 9.90 Å². The van der Waals surface area contributed by atoms with Gasteiger partial charge in [0.15, 0.2) is 0 Å². The van der Waals surface area contributed by atoms with Crippen LogP contribution in [-0.4, -0.2) is 22.7 Å². The van der Waals surface area contributed by atoms with Crippen molar-refractivity contribution in [3.8, 4) is 16.9 Å². The highest BCUT2D eigenvalue weighted by Gasteiger charge is 2.33. The minimum absolute atomic E-state index is 0.396. The largest absolute Gasteiger partial charge is 0.478 e. The Balaban J connectivity index is 0.000000330. The van der Waals surface area contributed by atoms with Gasteiger partial charge in [-0.3, -0.25) is 0 Å². The Labute approximate surface area is 185 Å². The van der Waals surface area contributed by atoms with Crippen LogP contribution in [-0.2, 0) is 4.79 Å². The predicted octanol–water partition coefficient (Wildman–Crippen LogP) is 6.42. The van der Waals surface area contributed by atoms with Gasteiger partial charge in [0.25, 0.3) is 0 Å². The van der Waals surface area contributed by atoms with Crippen LogP contribution in [0.3, 0.4) is 0 Å². The Morgan fingerprint density at radius 1 is 1.00 bits per heavy atom. The maximum absolute atomic E-state index is 11.4. The van der Waals surface area contributed by atoms with Crippen LogP contribution in [0.15, 0.2) is 66.7 Å². The van der Waals surface area contributed by atoms with Crippen molar-refractivity contribution in [1.29, 1.82) is 0 Å². The number of fused-ring (bicyclic) bond motifs is 1. The summed E-state index contributed by atoms with van der Waals surface area (Å²) in [5.74, 6) is -0.395. The van der Waals surface area contributed by atoms with E-state index in [1.807, 2.05) is 42.5 Å². The Morgan fingerprint density at radius 2 is 1.65 bits per heavy atom. The van der Waals surface area contributed by atoms with E-state index < -0.39 is 11.6 Å². The van der Waals surface area contributed by atoms with Crippen LogP contribution < -0.4 is 10.5 Å². The molecule has 4 rings (SSSR count). The molecule has 1 aliphatic rings. The third kappa shape index (κ3) is 5.86. The first-order valence-corrected chi connectivity index (χ1v) is 11.2. The molecule has 0 radical (unpaired) electrons. The molecule has 0 aromatic heterocycles. The van der Waals surface area contributed by atoms with Gasteiger partial charge in [0.1, 0.15) is 5.75 Å². The fourth-order valence-electron chi connectivity index (χ4n) is 3.84. The minimum Gasteiger partial charge on any atom is -0.478 e. The van der Waals surface area contributed by atoms with Gasteiger partial charge in [0.2, 0.25) is 5.60 Å². The normalized spacial score (nSPS) is 16.1. The van der Waals surface area contributed by atoms with Gasteiger partial charge in [0.05, 0.1) is 0 Å². The lowest BCUT2D eigenvalue weighted by Gasteiger charge is -2.24. The highest BCUT2D eigenvalue weighted by atomic mass is 16.5. The number of rotatable bonds is 5. The Bertz CT molecular complexity index is 988. The lowest BCUT2D eigenvalue weighted by Crippen LogP contribution is -2.40. The van der Waals surface area contributed by atoms with Crippen molar-refractivity contribution >= 4 is 16.7 Å². The molecule has 1 saturated carbocycles. The van der Waals surface area contributed by atoms with Gasteiger partial charge in [0, 0.05) is 6.04 Å². The SMILES string of the molecule is CC[C@](C)(Oc1ccc(-c2cccc3ccccc23)cc1)C(=O)O.NC1CCCCC1. The number of carbonyl (C=O) groups is 1. The minimum atomic E-state index is -1.21. The van der Waals surface area contributed by atoms with Crippen molar-refractivity contribution in [2.45, 2.75) is 64.0 Å². The summed E-state index contributed by atoms with van der Waals surface area (Å²) in [6.45, 7) is 3.40. The van der Waals surface area contributed by atoms with Gasteiger partial charge in [-0.05, 0) is 60.2 Å². The predicted molar refractivity (Wildman–Crippen MR) is 127 cm³/mol. The van der Waals surface area contributed by atoms with E-state index in [0.29, 0.717) is 18.2 Å². The zero-order valence-corrected chi connectivity index (χ0v) is 18.5. The molecule has 31 heavy (non-hydrogen) atoms. The van der Waals surface area contributed by atoms with Crippen LogP contribution in [0.2, 0.25) is 0 Å². The molecule has 0 saturated heterocycles. The number of aliphatic carboxylic acids is 1. The first-order valence-electron chi connectivity index (χ1n) is 11.2. The molecule has 0 bridgehead atoms. The molecule has 164 valence electrons. The summed E-state index contributed by atoms with van der Waals surface area (Å²) >= 11 is 0. The van der Waals surface area contributed by atoms with E-state index in [-0.39, 0.29) is 0 Å². The molecular formula is C27H33NO3. The third-order valence-electron chi connectivity index (χ3n) is 6.07. The highest BCUT2D eigenvalue weighted by molar-refractivity contribution is 5.96. The fraction of sp³-hybridized carbons (Fsp3) is 0.370. The van der Waals surface area contributed by atoms with Gasteiger partial charge >= 0.3 is 5.97 Å². The maximum Gasteiger partial charge on any atom is 0.347 e. The average molecular weight is 420 g/mol. The number of hydrogen-bond acceptors (Lipinski definition) is 3. The Kier molecular flexibility index (Phi) is 7.69. The van der Waals surface area contributed by atoms with Crippen LogP contribution >= 0.6 is 0 Å². The van der Waals surface area contributed by atoms with E-state index in [2.05, 4.69) is 24.3 Å². The summed E-state index contributed by atoms with van der Waals surface area (Å²) in [6, 6.07) is 22.6. The summed E-state index contributed by atoms with van der Waals surface area (Å²) in [6.07, 6.45) is 7.06. The van der Waals surface area contributed by atoms with E-state index in [0.717, 1.165) is 11.1 Å². The smallest absolute Gasteiger partial charge is 0.347 e. The molecule has 1 fully saturated rings. The monoisotopic (exact) mass is 419 g/mol. The molecule has 1 atom stereocenters. The molecule has 0 amide bonds. The molecule has 0 heterocycles. The van der Waals surface area contributed by atoms with Gasteiger partial charge in [-0.15, -0.1) is 0 Å². The third-order valence-corrected chi connectivity index (χ3v) is 6.07. The van der Waals surface area contributed by atoms with E-state index in [1.54, 1.807) is 13.8 Å². The molecule has 4 nitrogen and oxygen atoms in total. The average Bonchev–Trinajstić information content (AvgIpc) is 2.80. The van der Waals surface area contributed by atoms with Crippen molar-refractivity contribution in [3.63, 3.8) is 0 Å². The molecule has 3 aromatic rings. The topological polar surface area (TPSA) is 72.5 Å². The molecular weight excluding hydrogens is 386 g/mol. The summed E-state index contributed by atoms with van der Waals surface area (Å²) in [4.78, 5) is 11.4. The first-order chi connectivity index (χ1) is 14.9. The van der Waals surface area contributed by atoms with Crippen LogP contribution in [0.1, 0.15) is 52.4 Å². The zero-order valence-electron chi connectivity index (χ0n) is 18.5. The molecule has 0 aliphatic heterocycles. The summed E-state index contributed by atoms with van der Waals surface area (Å²) < 4.78 is 5.69. The molecule has 3 N–H and O–H groups in total. The highest BCUT2D eigenvalue weighted by Crippen LogP contribution is 2.31. The van der Waals surface area contributed by atoms with Crippen LogP contribution in [0.25, 0.3) is 21.9 Å². The number of carboxylic acids is 1. The number of hydrogen-bond donors (Lipinski definition) is 2. The van der Waals surface area contributed by atoms with E-state index in [1.165, 1.54) is 42.9 Å². The van der Waals surface area contributed by atoms with E-state index in [4.69, 9.17) is 10.5 Å². The van der Waals surface area contributed by atoms with Crippen molar-refractivity contribution in [1.82, 2.24) is 0 Å². The molecule has 4 heteroatoms. The maximum atomic E-state index is 11.4. The summed E-state index contributed by atoms with van der Waals surface area (Å²) in [7, 11) is 0. The van der Waals surface area contributed by atoms with Crippen molar-refractivity contribution < 1.29 is 14.6 Å². The van der Waals surface area contributed by atoms with Crippen molar-refractivity contribution in [3.05, 3.63) is 66.7 Å². The Morgan fingerprint density at radius 3 is 2.23 bits per heavy atom. The lowest BCUT2D eigenvalue weighted by molar-refractivity contribution is -0.154. The van der Waals surface area contributed by atoms with Gasteiger partial charge in [-0.25, -0.2) is 4.79 Å². The number of ether oxygens (including phenoxy) is 1. The first kappa shape index (κ1) is 22.8. The Hall–Kier alpha value is -2.85. The van der Waals surface area contributed by atoms with Gasteiger partial charge in [-0.1, -0.05) is 80.8 Å². The second-order valence-electron chi connectivity index (χ2n) is 8.44. The van der Waals surface area contributed by atoms with Gasteiger partial charge < -0.3 is 15.6 Å². The van der Waals surface area contributed by atoms with Crippen LogP contribution in [0, 0.1) is 0 Å². The standard InChI is InChI=1S/C21H20O3.C6H13N/c1-3-21(2,20(22)23)24-17-13-11-16(12-14-17)19-10-6-8-15-7-4-5-9-18(15)19;7-6-4-2-1-3-5-6/h4-14H,3H2,1-2H3,(H,22,23);6H,1-5,7H2/t21-;/m0./s1. The van der Waals surface area contributed by atoms with Crippen LogP contribution in [0.5, 0.6) is 5.75 Å².